The van der Waals surface area contributed by atoms with E-state index in [-0.39, 0.29) is 24.2 Å². The van der Waals surface area contributed by atoms with Gasteiger partial charge in [-0.2, -0.15) is 0 Å². The van der Waals surface area contributed by atoms with E-state index in [2.05, 4.69) is 22.0 Å². The quantitative estimate of drug-likeness (QED) is 0.253. The molecule has 1 aromatic carbocycles. The minimum Gasteiger partial charge on any atom is -0.440 e. The van der Waals surface area contributed by atoms with E-state index in [1.165, 1.54) is 0 Å². The van der Waals surface area contributed by atoms with Gasteiger partial charge in [0.2, 0.25) is 11.8 Å². The molecule has 1 heterocycles. The van der Waals surface area contributed by atoms with E-state index in [0.717, 1.165) is 29.0 Å². The molecule has 1 unspecified atom stereocenters. The van der Waals surface area contributed by atoms with E-state index in [9.17, 15) is 19.2 Å². The number of amides is 3. The number of hydrogen-bond acceptors (Lipinski definition) is 5. The van der Waals surface area contributed by atoms with Gasteiger partial charge in [-0.05, 0) is 74.3 Å². The lowest BCUT2D eigenvalue weighted by Gasteiger charge is -2.38. The van der Waals surface area contributed by atoms with Crippen molar-refractivity contribution in [2.24, 2.45) is 17.3 Å². The van der Waals surface area contributed by atoms with E-state index in [1.54, 1.807) is 19.1 Å². The minimum absolute atomic E-state index is 0.0320. The van der Waals surface area contributed by atoms with Crippen LogP contribution in [0.3, 0.4) is 0 Å². The molecule has 0 aromatic heterocycles. The zero-order chi connectivity index (χ0) is 30.4. The maximum absolute atomic E-state index is 13.5. The van der Waals surface area contributed by atoms with Crippen molar-refractivity contribution in [1.82, 2.24) is 16.0 Å². The van der Waals surface area contributed by atoms with Crippen molar-refractivity contribution in [2.75, 3.05) is 6.54 Å². The molecule has 1 aliphatic carbocycles. The standard InChI is InChI=1S/C31H41Cl2N3O5/c1-19(2)17-31(5,28(39)35-25(18-37)15-21-13-14-34-27(21)38)36-29(40)41-26(20-9-11-23(32)12-10-20)30(3,4)22-7-6-8-24(33)16-22/h7,9-12,16,18-19,21,25-26H,6,8,13-15,17H2,1-5H3,(H,34,38)(H,35,39)(H,36,40)/t21-,25-,26?,31+/m0/s1. The van der Waals surface area contributed by atoms with Crippen LogP contribution in [0.25, 0.3) is 0 Å². The molecule has 1 aliphatic heterocycles. The van der Waals surface area contributed by atoms with Crippen LogP contribution in [-0.2, 0) is 19.1 Å². The van der Waals surface area contributed by atoms with Gasteiger partial charge in [-0.1, -0.05) is 69.1 Å². The lowest BCUT2D eigenvalue weighted by Crippen LogP contribution is -2.59. The first-order valence-corrected chi connectivity index (χ1v) is 14.9. The van der Waals surface area contributed by atoms with E-state index in [1.807, 2.05) is 45.9 Å². The van der Waals surface area contributed by atoms with Crippen molar-refractivity contribution in [3.8, 4) is 0 Å². The third-order valence-corrected chi connectivity index (χ3v) is 8.28. The highest BCUT2D eigenvalue weighted by molar-refractivity contribution is 6.30. The summed E-state index contributed by atoms with van der Waals surface area (Å²) in [7, 11) is 0. The Labute approximate surface area is 252 Å². The molecule has 1 aromatic rings. The van der Waals surface area contributed by atoms with Crippen LogP contribution in [0.4, 0.5) is 4.79 Å². The summed E-state index contributed by atoms with van der Waals surface area (Å²) < 4.78 is 6.10. The summed E-state index contributed by atoms with van der Waals surface area (Å²) in [4.78, 5) is 50.9. The van der Waals surface area contributed by atoms with E-state index < -0.39 is 35.1 Å². The monoisotopic (exact) mass is 605 g/mol. The van der Waals surface area contributed by atoms with Gasteiger partial charge in [-0.15, -0.1) is 0 Å². The van der Waals surface area contributed by atoms with Crippen LogP contribution in [0.15, 0.2) is 47.0 Å². The van der Waals surface area contributed by atoms with Crippen LogP contribution in [0, 0.1) is 17.3 Å². The summed E-state index contributed by atoms with van der Waals surface area (Å²) in [6.07, 6.45) is 5.75. The Bertz CT molecular complexity index is 1190. The molecule has 41 heavy (non-hydrogen) atoms. The summed E-state index contributed by atoms with van der Waals surface area (Å²) in [6.45, 7) is 9.98. The molecule has 3 amide bonds. The summed E-state index contributed by atoms with van der Waals surface area (Å²) >= 11 is 12.5. The van der Waals surface area contributed by atoms with E-state index >= 15 is 0 Å². The van der Waals surface area contributed by atoms with Gasteiger partial charge in [0.1, 0.15) is 17.9 Å². The van der Waals surface area contributed by atoms with Gasteiger partial charge in [0.25, 0.3) is 0 Å². The second-order valence-corrected chi connectivity index (χ2v) is 13.1. The number of allylic oxidation sites excluding steroid dienone is 3. The zero-order valence-electron chi connectivity index (χ0n) is 24.4. The third kappa shape index (κ3) is 8.58. The molecule has 0 bridgehead atoms. The number of carbonyl (C=O) groups excluding carboxylic acids is 4. The second-order valence-electron chi connectivity index (χ2n) is 12.1. The van der Waals surface area contributed by atoms with Gasteiger partial charge in [0.15, 0.2) is 0 Å². The SMILES string of the molecule is CC(C)C[C@@](C)(NC(=O)OC(c1ccc(Cl)cc1)C(C)(C)C1=CCCC(Cl)=C1)C(=O)N[C@H](C=O)C[C@@H]1CCNC1=O. The summed E-state index contributed by atoms with van der Waals surface area (Å²) in [5, 5.41) is 9.56. The lowest BCUT2D eigenvalue weighted by atomic mass is 9.74. The average Bonchev–Trinajstić information content (AvgIpc) is 3.30. The number of aldehydes is 1. The molecule has 8 nitrogen and oxygen atoms in total. The number of carbonyl (C=O) groups is 4. The molecule has 224 valence electrons. The van der Waals surface area contributed by atoms with Gasteiger partial charge >= 0.3 is 6.09 Å². The van der Waals surface area contributed by atoms with Gasteiger partial charge in [-0.25, -0.2) is 4.79 Å². The van der Waals surface area contributed by atoms with Crippen molar-refractivity contribution in [3.63, 3.8) is 0 Å². The largest absolute Gasteiger partial charge is 0.440 e. The summed E-state index contributed by atoms with van der Waals surface area (Å²) in [6, 6.07) is 6.23. The molecular formula is C31H41Cl2N3O5. The molecule has 3 rings (SSSR count). The molecule has 1 saturated heterocycles. The maximum Gasteiger partial charge on any atom is 0.408 e. The van der Waals surface area contributed by atoms with Crippen LogP contribution >= 0.6 is 23.2 Å². The van der Waals surface area contributed by atoms with Crippen molar-refractivity contribution >= 4 is 47.4 Å². The predicted octanol–water partition coefficient (Wildman–Crippen LogP) is 5.99. The summed E-state index contributed by atoms with van der Waals surface area (Å²) in [5.74, 6) is -0.966. The number of hydrogen-bond donors (Lipinski definition) is 3. The molecule has 10 heteroatoms. The Balaban J connectivity index is 1.84. The Morgan fingerprint density at radius 2 is 1.85 bits per heavy atom. The number of benzene rings is 1. The van der Waals surface area contributed by atoms with Crippen LogP contribution in [0.5, 0.6) is 0 Å². The maximum atomic E-state index is 13.5. The highest BCUT2D eigenvalue weighted by atomic mass is 35.5. The molecule has 0 spiro atoms. The highest BCUT2D eigenvalue weighted by Crippen LogP contribution is 2.45. The zero-order valence-corrected chi connectivity index (χ0v) is 25.9. The molecule has 2 aliphatic rings. The predicted molar refractivity (Wildman–Crippen MR) is 160 cm³/mol. The number of halogens is 2. The number of nitrogens with one attached hydrogen (secondary N) is 3. The fourth-order valence-electron chi connectivity index (χ4n) is 5.57. The fraction of sp³-hybridized carbons (Fsp3) is 0.548. The van der Waals surface area contributed by atoms with Gasteiger partial charge < -0.3 is 25.5 Å². The fourth-order valence-corrected chi connectivity index (χ4v) is 5.92. The number of alkyl carbamates (subject to hydrolysis) is 1. The first-order valence-electron chi connectivity index (χ1n) is 14.1. The number of rotatable bonds is 12. The van der Waals surface area contributed by atoms with Crippen molar-refractivity contribution in [3.05, 3.63) is 57.6 Å². The third-order valence-electron chi connectivity index (χ3n) is 7.73. The van der Waals surface area contributed by atoms with Gasteiger partial charge in [0, 0.05) is 27.9 Å². The first kappa shape index (κ1) is 32.7. The topological polar surface area (TPSA) is 114 Å². The van der Waals surface area contributed by atoms with Crippen LogP contribution in [-0.4, -0.2) is 42.3 Å². The smallest absolute Gasteiger partial charge is 0.408 e. The molecule has 4 atom stereocenters. The van der Waals surface area contributed by atoms with E-state index in [4.69, 9.17) is 27.9 Å². The molecule has 0 saturated carbocycles. The molecule has 1 fully saturated rings. The van der Waals surface area contributed by atoms with Crippen LogP contribution in [0.1, 0.15) is 78.4 Å². The van der Waals surface area contributed by atoms with Crippen molar-refractivity contribution in [1.29, 1.82) is 0 Å². The Kier molecular flexibility index (Phi) is 11.1. The minimum atomic E-state index is -1.38. The molecular weight excluding hydrogens is 565 g/mol. The Hall–Kier alpha value is -2.84. The normalized spacial score (nSPS) is 20.2. The van der Waals surface area contributed by atoms with Crippen molar-refractivity contribution in [2.45, 2.75) is 84.4 Å². The Morgan fingerprint density at radius 3 is 2.41 bits per heavy atom. The van der Waals surface area contributed by atoms with Gasteiger partial charge in [-0.3, -0.25) is 9.59 Å². The molecule has 3 N–H and O–H groups in total. The van der Waals surface area contributed by atoms with E-state index in [0.29, 0.717) is 30.7 Å². The Morgan fingerprint density at radius 1 is 1.17 bits per heavy atom. The second kappa shape index (κ2) is 13.9. The van der Waals surface area contributed by atoms with Gasteiger partial charge in [0.05, 0.1) is 6.04 Å². The summed E-state index contributed by atoms with van der Waals surface area (Å²) in [5.41, 5.74) is -0.385. The highest BCUT2D eigenvalue weighted by Gasteiger charge is 2.41. The number of ether oxygens (including phenoxy) is 1. The molecule has 0 radical (unpaired) electrons. The van der Waals surface area contributed by atoms with Crippen LogP contribution < -0.4 is 16.0 Å². The van der Waals surface area contributed by atoms with Crippen molar-refractivity contribution < 1.29 is 23.9 Å². The first-order chi connectivity index (χ1) is 19.2. The van der Waals surface area contributed by atoms with Crippen LogP contribution in [0.2, 0.25) is 5.02 Å². The lowest BCUT2D eigenvalue weighted by molar-refractivity contribution is -0.130. The average molecular weight is 607 g/mol.